The van der Waals surface area contributed by atoms with Gasteiger partial charge in [-0.1, -0.05) is 38.3 Å². The van der Waals surface area contributed by atoms with Crippen molar-refractivity contribution in [3.63, 3.8) is 0 Å². The van der Waals surface area contributed by atoms with E-state index in [0.29, 0.717) is 0 Å². The minimum Gasteiger partial charge on any atom is -0.245 e. The lowest BCUT2D eigenvalue weighted by Crippen LogP contribution is -2.40. The van der Waals surface area contributed by atoms with Gasteiger partial charge in [-0.3, -0.25) is 0 Å². The van der Waals surface area contributed by atoms with Crippen molar-refractivity contribution in [2.45, 2.75) is 41.5 Å². The van der Waals surface area contributed by atoms with Gasteiger partial charge >= 0.3 is 0 Å². The van der Waals surface area contributed by atoms with E-state index in [9.17, 15) is 4.39 Å². The summed E-state index contributed by atoms with van der Waals surface area (Å²) in [4.78, 5) is 0.0469. The quantitative estimate of drug-likeness (QED) is 0.594. The maximum Gasteiger partial charge on any atom is 0.127 e. The fourth-order valence-electron chi connectivity index (χ4n) is 1.30. The molecule has 1 aliphatic rings. The molecule has 1 aliphatic carbocycles. The predicted octanol–water partition coefficient (Wildman–Crippen LogP) is 3.43. The summed E-state index contributed by atoms with van der Waals surface area (Å²) in [6, 6.07) is 0. The molecule has 10 heavy (non-hydrogen) atoms. The van der Waals surface area contributed by atoms with Crippen molar-refractivity contribution in [2.24, 2.45) is 0 Å². The molecule has 0 bridgehead atoms. The van der Waals surface area contributed by atoms with Crippen molar-refractivity contribution in [2.75, 3.05) is 0 Å². The highest BCUT2D eigenvalue weighted by molar-refractivity contribution is 9.10. The van der Waals surface area contributed by atoms with Crippen LogP contribution in [0.25, 0.3) is 0 Å². The van der Waals surface area contributed by atoms with E-state index in [0.717, 1.165) is 19.3 Å². The molecule has 3 heteroatoms. The number of alkyl halides is 3. The van der Waals surface area contributed by atoms with Gasteiger partial charge in [0.2, 0.25) is 0 Å². The fourth-order valence-corrected chi connectivity index (χ4v) is 3.17. The first kappa shape index (κ1) is 8.98. The maximum absolute atomic E-state index is 13.3. The molecule has 1 fully saturated rings. The average molecular weight is 274 g/mol. The summed E-state index contributed by atoms with van der Waals surface area (Å²) in [6.07, 6.45) is 2.26. The summed E-state index contributed by atoms with van der Waals surface area (Å²) >= 11 is 6.72. The molecule has 1 rings (SSSR count). The highest BCUT2D eigenvalue weighted by atomic mass is 79.9. The molecular weight excluding hydrogens is 263 g/mol. The highest BCUT2D eigenvalue weighted by Gasteiger charge is 2.39. The summed E-state index contributed by atoms with van der Waals surface area (Å²) in [5, 5.41) is 0. The Morgan fingerprint density at radius 3 is 2.60 bits per heavy atom. The highest BCUT2D eigenvalue weighted by Crippen LogP contribution is 2.40. The summed E-state index contributed by atoms with van der Waals surface area (Å²) in [5.41, 5.74) is 0. The summed E-state index contributed by atoms with van der Waals surface area (Å²) in [6.45, 7) is 1.92. The number of halogens is 3. The Balaban J connectivity index is 2.60. The molecule has 0 saturated heterocycles. The van der Waals surface area contributed by atoms with E-state index in [1.54, 1.807) is 0 Å². The molecular formula is C7H11Br2F. The SMILES string of the molecule is CC1(Br)CCC[C@H](Br)C1F. The van der Waals surface area contributed by atoms with Gasteiger partial charge < -0.3 is 0 Å². The predicted molar refractivity (Wildman–Crippen MR) is 48.8 cm³/mol. The van der Waals surface area contributed by atoms with Crippen LogP contribution < -0.4 is 0 Å². The van der Waals surface area contributed by atoms with Gasteiger partial charge in [0.25, 0.3) is 0 Å². The lowest BCUT2D eigenvalue weighted by Gasteiger charge is -2.34. The Kier molecular flexibility index (Phi) is 2.78. The Morgan fingerprint density at radius 2 is 2.20 bits per heavy atom. The second kappa shape index (κ2) is 3.10. The second-order valence-electron chi connectivity index (χ2n) is 3.09. The van der Waals surface area contributed by atoms with Crippen molar-refractivity contribution in [1.82, 2.24) is 0 Å². The van der Waals surface area contributed by atoms with Gasteiger partial charge in [0.1, 0.15) is 6.17 Å². The summed E-state index contributed by atoms with van der Waals surface area (Å²) < 4.78 is 13.0. The van der Waals surface area contributed by atoms with Gasteiger partial charge in [-0.15, -0.1) is 0 Å². The summed E-state index contributed by atoms with van der Waals surface area (Å²) in [7, 11) is 0. The van der Waals surface area contributed by atoms with Crippen LogP contribution in [0.1, 0.15) is 26.2 Å². The topological polar surface area (TPSA) is 0 Å². The van der Waals surface area contributed by atoms with Crippen LogP contribution in [-0.2, 0) is 0 Å². The zero-order chi connectivity index (χ0) is 7.78. The Labute approximate surface area is 77.8 Å². The van der Waals surface area contributed by atoms with Gasteiger partial charge in [0, 0.05) is 4.83 Å². The van der Waals surface area contributed by atoms with Crippen molar-refractivity contribution < 1.29 is 4.39 Å². The molecule has 0 aromatic heterocycles. The minimum absolute atomic E-state index is 0.0469. The number of hydrogen-bond acceptors (Lipinski definition) is 0. The van der Waals surface area contributed by atoms with E-state index in [1.165, 1.54) is 0 Å². The first-order chi connectivity index (χ1) is 4.54. The Morgan fingerprint density at radius 1 is 1.60 bits per heavy atom. The van der Waals surface area contributed by atoms with Crippen molar-refractivity contribution >= 4 is 31.9 Å². The van der Waals surface area contributed by atoms with Crippen LogP contribution in [0.2, 0.25) is 0 Å². The minimum atomic E-state index is -0.749. The molecule has 3 atom stereocenters. The van der Waals surface area contributed by atoms with Gasteiger partial charge in [-0.2, -0.15) is 0 Å². The molecule has 0 N–H and O–H groups in total. The Bertz CT molecular complexity index is 125. The van der Waals surface area contributed by atoms with E-state index in [-0.39, 0.29) is 9.15 Å². The normalized spacial score (nSPS) is 49.2. The van der Waals surface area contributed by atoms with Gasteiger partial charge in [-0.25, -0.2) is 4.39 Å². The van der Waals surface area contributed by atoms with Gasteiger partial charge in [-0.05, 0) is 19.8 Å². The van der Waals surface area contributed by atoms with E-state index < -0.39 is 6.17 Å². The lowest BCUT2D eigenvalue weighted by molar-refractivity contribution is 0.220. The van der Waals surface area contributed by atoms with Crippen LogP contribution in [-0.4, -0.2) is 15.3 Å². The van der Waals surface area contributed by atoms with Crippen LogP contribution in [0, 0.1) is 0 Å². The number of rotatable bonds is 0. The summed E-state index contributed by atoms with van der Waals surface area (Å²) in [5.74, 6) is 0. The Hall–Kier alpha value is 0.890. The van der Waals surface area contributed by atoms with Crippen LogP contribution in [0.5, 0.6) is 0 Å². The van der Waals surface area contributed by atoms with Gasteiger partial charge in [0.05, 0.1) is 4.32 Å². The van der Waals surface area contributed by atoms with Crippen LogP contribution >= 0.6 is 31.9 Å². The molecule has 1 saturated carbocycles. The number of hydrogen-bond donors (Lipinski definition) is 0. The molecule has 0 heterocycles. The molecule has 0 spiro atoms. The van der Waals surface area contributed by atoms with E-state index >= 15 is 0 Å². The first-order valence-electron chi connectivity index (χ1n) is 3.51. The molecule has 0 aromatic rings. The first-order valence-corrected chi connectivity index (χ1v) is 5.22. The maximum atomic E-state index is 13.3. The third-order valence-corrected chi connectivity index (χ3v) is 3.79. The zero-order valence-electron chi connectivity index (χ0n) is 5.91. The van der Waals surface area contributed by atoms with E-state index in [2.05, 4.69) is 31.9 Å². The van der Waals surface area contributed by atoms with Crippen LogP contribution in [0.4, 0.5) is 4.39 Å². The fraction of sp³-hybridized carbons (Fsp3) is 1.00. The smallest absolute Gasteiger partial charge is 0.127 e. The van der Waals surface area contributed by atoms with Crippen molar-refractivity contribution in [3.05, 3.63) is 0 Å². The monoisotopic (exact) mass is 272 g/mol. The van der Waals surface area contributed by atoms with Crippen LogP contribution in [0.15, 0.2) is 0 Å². The molecule has 0 amide bonds. The van der Waals surface area contributed by atoms with E-state index in [1.807, 2.05) is 6.92 Å². The van der Waals surface area contributed by atoms with E-state index in [4.69, 9.17) is 0 Å². The van der Waals surface area contributed by atoms with Gasteiger partial charge in [0.15, 0.2) is 0 Å². The second-order valence-corrected chi connectivity index (χ2v) is 6.08. The molecule has 0 aromatic carbocycles. The standard InChI is InChI=1S/C7H11Br2F/c1-7(9)4-2-3-5(8)6(7)10/h5-6H,2-4H2,1H3/t5-,6?,7?/m0/s1. The molecule has 2 unspecified atom stereocenters. The molecule has 0 radical (unpaired) electrons. The van der Waals surface area contributed by atoms with Crippen molar-refractivity contribution in [3.8, 4) is 0 Å². The lowest BCUT2D eigenvalue weighted by atomic mass is 9.89. The molecule has 0 aliphatic heterocycles. The molecule has 60 valence electrons. The third-order valence-electron chi connectivity index (χ3n) is 2.04. The largest absolute Gasteiger partial charge is 0.245 e. The average Bonchev–Trinajstić information content (AvgIpc) is 1.83. The third kappa shape index (κ3) is 1.73. The van der Waals surface area contributed by atoms with Crippen molar-refractivity contribution in [1.29, 1.82) is 0 Å². The van der Waals surface area contributed by atoms with Crippen LogP contribution in [0.3, 0.4) is 0 Å². The zero-order valence-corrected chi connectivity index (χ0v) is 9.08. The molecule has 0 nitrogen and oxygen atoms in total.